The Morgan fingerprint density at radius 1 is 1.29 bits per heavy atom. The molecule has 1 aromatic rings. The average Bonchev–Trinajstić information content (AvgIpc) is 2.74. The summed E-state index contributed by atoms with van der Waals surface area (Å²) < 4.78 is 5.41. The Balaban J connectivity index is 2.77. The summed E-state index contributed by atoms with van der Waals surface area (Å²) in [5, 5.41) is 7.33. The Labute approximate surface area is 104 Å². The molecule has 0 spiro atoms. The average molecular weight is 239 g/mol. The number of aryl methyl sites for hydroxylation is 1. The minimum atomic E-state index is 0.280. The van der Waals surface area contributed by atoms with Gasteiger partial charge in [0.05, 0.1) is 5.92 Å². The summed E-state index contributed by atoms with van der Waals surface area (Å²) in [6.07, 6.45) is 3.19. The lowest BCUT2D eigenvalue weighted by Crippen LogP contribution is -2.32. The third-order valence-corrected chi connectivity index (χ3v) is 3.24. The molecular weight excluding hydrogens is 214 g/mol. The highest BCUT2D eigenvalue weighted by Gasteiger charge is 2.27. The van der Waals surface area contributed by atoms with Gasteiger partial charge in [-0.3, -0.25) is 0 Å². The lowest BCUT2D eigenvalue weighted by molar-refractivity contribution is 0.284. The van der Waals surface area contributed by atoms with Gasteiger partial charge in [-0.2, -0.15) is 4.98 Å². The molecule has 0 aromatic carbocycles. The van der Waals surface area contributed by atoms with E-state index < -0.39 is 0 Å². The van der Waals surface area contributed by atoms with Gasteiger partial charge in [0.25, 0.3) is 0 Å². The molecule has 0 aliphatic rings. The van der Waals surface area contributed by atoms with Gasteiger partial charge in [0, 0.05) is 12.5 Å². The predicted molar refractivity (Wildman–Crippen MR) is 69.0 cm³/mol. The van der Waals surface area contributed by atoms with Crippen LogP contribution >= 0.6 is 0 Å². The topological polar surface area (TPSA) is 51.0 Å². The molecule has 4 nitrogen and oxygen atoms in total. The fraction of sp³-hybridized carbons (Fsp3) is 0.846. The zero-order valence-corrected chi connectivity index (χ0v) is 11.7. The van der Waals surface area contributed by atoms with E-state index in [-0.39, 0.29) is 5.92 Å². The van der Waals surface area contributed by atoms with Crippen molar-refractivity contribution in [3.05, 3.63) is 11.7 Å². The Bertz CT molecular complexity index is 322. The van der Waals surface area contributed by atoms with E-state index in [0.29, 0.717) is 12.0 Å². The monoisotopic (exact) mass is 239 g/mol. The molecule has 0 aliphatic carbocycles. The molecule has 0 bridgehead atoms. The van der Waals surface area contributed by atoms with Crippen molar-refractivity contribution in [3.63, 3.8) is 0 Å². The highest BCUT2D eigenvalue weighted by Crippen LogP contribution is 2.26. The molecule has 0 amide bonds. The Morgan fingerprint density at radius 2 is 2.00 bits per heavy atom. The minimum absolute atomic E-state index is 0.280. The Hall–Kier alpha value is -0.900. The van der Waals surface area contributed by atoms with Crippen LogP contribution in [0.15, 0.2) is 4.52 Å². The molecule has 2 unspecified atom stereocenters. The van der Waals surface area contributed by atoms with Crippen LogP contribution in [0.2, 0.25) is 0 Å². The third-order valence-electron chi connectivity index (χ3n) is 3.24. The quantitative estimate of drug-likeness (QED) is 0.795. The van der Waals surface area contributed by atoms with Crippen molar-refractivity contribution in [3.8, 4) is 0 Å². The molecule has 2 atom stereocenters. The molecule has 4 heteroatoms. The molecular formula is C13H25N3O. The van der Waals surface area contributed by atoms with Crippen LogP contribution < -0.4 is 5.32 Å². The Morgan fingerprint density at radius 3 is 2.53 bits per heavy atom. The van der Waals surface area contributed by atoms with E-state index in [0.717, 1.165) is 31.0 Å². The normalized spacial score (nSPS) is 15.2. The second kappa shape index (κ2) is 6.74. The van der Waals surface area contributed by atoms with E-state index in [1.165, 1.54) is 0 Å². The molecule has 0 saturated heterocycles. The smallest absolute Gasteiger partial charge is 0.231 e. The van der Waals surface area contributed by atoms with E-state index in [2.05, 4.69) is 43.2 Å². The number of hydrogen-bond donors (Lipinski definition) is 1. The summed E-state index contributed by atoms with van der Waals surface area (Å²) in [5.74, 6) is 2.38. The van der Waals surface area contributed by atoms with Crippen molar-refractivity contribution < 1.29 is 4.52 Å². The van der Waals surface area contributed by atoms with Crippen molar-refractivity contribution in [2.24, 2.45) is 5.92 Å². The van der Waals surface area contributed by atoms with E-state index in [9.17, 15) is 0 Å². The molecule has 1 N–H and O–H groups in total. The minimum Gasteiger partial charge on any atom is -0.339 e. The summed E-state index contributed by atoms with van der Waals surface area (Å²) in [6.45, 7) is 8.70. The van der Waals surface area contributed by atoms with Crippen molar-refractivity contribution in [1.82, 2.24) is 15.5 Å². The second-order valence-electron chi connectivity index (χ2n) is 5.00. The lowest BCUT2D eigenvalue weighted by atomic mass is 9.89. The molecule has 98 valence electrons. The van der Waals surface area contributed by atoms with Gasteiger partial charge in [0.1, 0.15) is 0 Å². The molecule has 0 radical (unpaired) electrons. The van der Waals surface area contributed by atoms with Gasteiger partial charge in [-0.15, -0.1) is 0 Å². The number of nitrogens with zero attached hydrogens (tertiary/aromatic N) is 2. The molecule has 1 rings (SSSR count). The van der Waals surface area contributed by atoms with Crippen LogP contribution in [0.5, 0.6) is 0 Å². The predicted octanol–water partition coefficient (Wildman–Crippen LogP) is 2.76. The number of rotatable bonds is 7. The first-order chi connectivity index (χ1) is 8.10. The SMILES string of the molecule is CCCCc1noc(C(C(C)C)C(C)NC)n1. The number of likely N-dealkylation sites (N-methyl/N-ethyl adjacent to an activating group) is 1. The van der Waals surface area contributed by atoms with Crippen molar-refractivity contribution in [1.29, 1.82) is 0 Å². The molecule has 0 aliphatic heterocycles. The van der Waals surface area contributed by atoms with E-state index >= 15 is 0 Å². The fourth-order valence-corrected chi connectivity index (χ4v) is 2.10. The first-order valence-corrected chi connectivity index (χ1v) is 6.59. The summed E-state index contributed by atoms with van der Waals surface area (Å²) in [5.41, 5.74) is 0. The van der Waals surface area contributed by atoms with Crippen molar-refractivity contribution in [2.75, 3.05) is 7.05 Å². The van der Waals surface area contributed by atoms with Crippen LogP contribution in [0.1, 0.15) is 58.2 Å². The van der Waals surface area contributed by atoms with Crippen molar-refractivity contribution in [2.45, 2.75) is 58.9 Å². The van der Waals surface area contributed by atoms with Crippen LogP contribution in [0.4, 0.5) is 0 Å². The highest BCUT2D eigenvalue weighted by molar-refractivity contribution is 5.00. The Kier molecular flexibility index (Phi) is 5.62. The van der Waals surface area contributed by atoms with Crippen molar-refractivity contribution >= 4 is 0 Å². The van der Waals surface area contributed by atoms with Crippen LogP contribution in [0.3, 0.4) is 0 Å². The summed E-state index contributed by atoms with van der Waals surface area (Å²) in [7, 11) is 1.97. The first-order valence-electron chi connectivity index (χ1n) is 6.59. The van der Waals surface area contributed by atoms with Gasteiger partial charge in [-0.05, 0) is 26.3 Å². The van der Waals surface area contributed by atoms with E-state index in [4.69, 9.17) is 4.52 Å². The largest absolute Gasteiger partial charge is 0.339 e. The molecule has 17 heavy (non-hydrogen) atoms. The van der Waals surface area contributed by atoms with Gasteiger partial charge in [-0.25, -0.2) is 0 Å². The number of aromatic nitrogens is 2. The maximum atomic E-state index is 5.41. The van der Waals surface area contributed by atoms with Gasteiger partial charge in [0.15, 0.2) is 5.82 Å². The summed E-state index contributed by atoms with van der Waals surface area (Å²) >= 11 is 0. The van der Waals surface area contributed by atoms with E-state index in [1.807, 2.05) is 7.05 Å². The zero-order valence-electron chi connectivity index (χ0n) is 11.7. The maximum Gasteiger partial charge on any atom is 0.231 e. The number of nitrogens with one attached hydrogen (secondary N) is 1. The third kappa shape index (κ3) is 3.80. The molecule has 1 aromatic heterocycles. The number of unbranched alkanes of at least 4 members (excludes halogenated alkanes) is 1. The lowest BCUT2D eigenvalue weighted by Gasteiger charge is -2.23. The molecule has 0 saturated carbocycles. The summed E-state index contributed by atoms with van der Waals surface area (Å²) in [4.78, 5) is 4.52. The molecule has 1 heterocycles. The van der Waals surface area contributed by atoms with Gasteiger partial charge in [0.2, 0.25) is 5.89 Å². The van der Waals surface area contributed by atoms with E-state index in [1.54, 1.807) is 0 Å². The second-order valence-corrected chi connectivity index (χ2v) is 5.00. The van der Waals surface area contributed by atoms with Gasteiger partial charge in [-0.1, -0.05) is 32.3 Å². The highest BCUT2D eigenvalue weighted by atomic mass is 16.5. The van der Waals surface area contributed by atoms with Crippen LogP contribution in [0, 0.1) is 5.92 Å². The molecule has 0 fully saturated rings. The van der Waals surface area contributed by atoms with Crippen LogP contribution in [-0.2, 0) is 6.42 Å². The van der Waals surface area contributed by atoms with Gasteiger partial charge >= 0.3 is 0 Å². The summed E-state index contributed by atoms with van der Waals surface area (Å²) in [6, 6.07) is 0.342. The standard InChI is InChI=1S/C13H25N3O/c1-6-7-8-11-15-13(17-16-11)12(9(2)3)10(4)14-5/h9-10,12,14H,6-8H2,1-5H3. The van der Waals surface area contributed by atoms with Crippen LogP contribution in [0.25, 0.3) is 0 Å². The fourth-order valence-electron chi connectivity index (χ4n) is 2.10. The number of hydrogen-bond acceptors (Lipinski definition) is 4. The maximum absolute atomic E-state index is 5.41. The van der Waals surface area contributed by atoms with Crippen LogP contribution in [-0.4, -0.2) is 23.2 Å². The zero-order chi connectivity index (χ0) is 12.8. The first kappa shape index (κ1) is 14.2. The van der Waals surface area contributed by atoms with Gasteiger partial charge < -0.3 is 9.84 Å².